The molecule has 0 heterocycles. The van der Waals surface area contributed by atoms with Crippen molar-refractivity contribution in [3.63, 3.8) is 0 Å². The van der Waals surface area contributed by atoms with E-state index >= 15 is 0 Å². The van der Waals surface area contributed by atoms with Gasteiger partial charge in [-0.05, 0) is 5.56 Å². The Kier molecular flexibility index (Phi) is 3.82. The Bertz CT molecular complexity index is 307. The molecule has 0 aliphatic rings. The lowest BCUT2D eigenvalue weighted by atomic mass is 10.1. The van der Waals surface area contributed by atoms with Gasteiger partial charge in [0.15, 0.2) is 12.4 Å². The molecule has 1 rings (SSSR count). The molecule has 0 spiro atoms. The van der Waals surface area contributed by atoms with Crippen LogP contribution in [0.25, 0.3) is 0 Å². The van der Waals surface area contributed by atoms with Crippen LogP contribution in [0, 0.1) is 0 Å². The second-order valence-electron chi connectivity index (χ2n) is 2.61. The highest BCUT2D eigenvalue weighted by molar-refractivity contribution is 5.77. The first-order valence-electron chi connectivity index (χ1n) is 4.09. The third-order valence-electron chi connectivity index (χ3n) is 1.63. The summed E-state index contributed by atoms with van der Waals surface area (Å²) in [4.78, 5) is 21.0. The van der Waals surface area contributed by atoms with Crippen molar-refractivity contribution >= 4 is 12.3 Å². The van der Waals surface area contributed by atoms with Crippen LogP contribution in [0.3, 0.4) is 0 Å². The fraction of sp³-hybridized carbons (Fsp3) is 0.200. The predicted molar refractivity (Wildman–Crippen MR) is 48.4 cm³/mol. The van der Waals surface area contributed by atoms with E-state index in [1.54, 1.807) is 30.3 Å². The first-order valence-corrected chi connectivity index (χ1v) is 4.09. The van der Waals surface area contributed by atoms with E-state index in [4.69, 9.17) is 0 Å². The van der Waals surface area contributed by atoms with Gasteiger partial charge in [-0.15, -0.1) is 0 Å². The van der Waals surface area contributed by atoms with Gasteiger partial charge in [-0.1, -0.05) is 30.3 Å². The van der Waals surface area contributed by atoms with Gasteiger partial charge < -0.3 is 9.84 Å². The van der Waals surface area contributed by atoms with Crippen molar-refractivity contribution < 1.29 is 19.4 Å². The number of aldehydes is 1. The average Bonchev–Trinajstić information content (AvgIpc) is 2.26. The number of ether oxygens (including phenoxy) is 1. The highest BCUT2D eigenvalue weighted by Gasteiger charge is 2.17. The van der Waals surface area contributed by atoms with E-state index in [2.05, 4.69) is 4.74 Å². The molecule has 4 nitrogen and oxygen atoms in total. The van der Waals surface area contributed by atoms with Gasteiger partial charge in [-0.3, -0.25) is 4.79 Å². The van der Waals surface area contributed by atoms with Gasteiger partial charge in [0.1, 0.15) is 6.61 Å². The van der Waals surface area contributed by atoms with Gasteiger partial charge in [0.2, 0.25) is 0 Å². The number of esters is 1. The molecule has 0 saturated carbocycles. The number of carbonyl (C=O) groups excluding carboxylic acids is 2. The lowest BCUT2D eigenvalue weighted by Crippen LogP contribution is -2.16. The van der Waals surface area contributed by atoms with Crippen LogP contribution in [0.4, 0.5) is 0 Å². The molecule has 0 aliphatic carbocycles. The minimum absolute atomic E-state index is 0.331. The van der Waals surface area contributed by atoms with Crippen molar-refractivity contribution in [3.8, 4) is 0 Å². The fourth-order valence-corrected chi connectivity index (χ4v) is 0.967. The first kappa shape index (κ1) is 10.4. The largest absolute Gasteiger partial charge is 0.456 e. The molecule has 0 aliphatic heterocycles. The van der Waals surface area contributed by atoms with E-state index < -0.39 is 12.1 Å². The van der Waals surface area contributed by atoms with Gasteiger partial charge in [0.25, 0.3) is 0 Å². The second-order valence-corrected chi connectivity index (χ2v) is 2.61. The van der Waals surface area contributed by atoms with Crippen molar-refractivity contribution in [2.24, 2.45) is 0 Å². The molecule has 74 valence electrons. The Hall–Kier alpha value is -1.68. The third-order valence-corrected chi connectivity index (χ3v) is 1.63. The van der Waals surface area contributed by atoms with E-state index in [0.717, 1.165) is 0 Å². The number of rotatable bonds is 4. The van der Waals surface area contributed by atoms with Crippen LogP contribution >= 0.6 is 0 Å². The Morgan fingerprint density at radius 2 is 2.07 bits per heavy atom. The molecule has 0 fully saturated rings. The second kappa shape index (κ2) is 5.14. The monoisotopic (exact) mass is 194 g/mol. The summed E-state index contributed by atoms with van der Waals surface area (Å²) in [6.45, 7) is -0.331. The molecule has 14 heavy (non-hydrogen) atoms. The molecule has 0 radical (unpaired) electrons. The van der Waals surface area contributed by atoms with Crippen molar-refractivity contribution in [1.29, 1.82) is 0 Å². The highest BCUT2D eigenvalue weighted by atomic mass is 16.5. The van der Waals surface area contributed by atoms with Crippen LogP contribution in [0.5, 0.6) is 0 Å². The lowest BCUT2D eigenvalue weighted by Gasteiger charge is -2.08. The van der Waals surface area contributed by atoms with Gasteiger partial charge in [-0.25, -0.2) is 4.79 Å². The van der Waals surface area contributed by atoms with Gasteiger partial charge in [-0.2, -0.15) is 0 Å². The fourth-order valence-electron chi connectivity index (χ4n) is 0.967. The summed E-state index contributed by atoms with van der Waals surface area (Å²) in [7, 11) is 0. The number of benzene rings is 1. The molecule has 0 bridgehead atoms. The topological polar surface area (TPSA) is 63.6 Å². The van der Waals surface area contributed by atoms with Crippen LogP contribution < -0.4 is 0 Å². The number of hydrogen-bond donors (Lipinski definition) is 1. The van der Waals surface area contributed by atoms with Gasteiger partial charge in [0, 0.05) is 0 Å². The maximum absolute atomic E-state index is 11.1. The quantitative estimate of drug-likeness (QED) is 0.558. The molecule has 4 heteroatoms. The van der Waals surface area contributed by atoms with Crippen molar-refractivity contribution in [2.75, 3.05) is 6.61 Å². The third kappa shape index (κ3) is 2.67. The average molecular weight is 194 g/mol. The maximum atomic E-state index is 11.1. The van der Waals surface area contributed by atoms with Crippen LogP contribution in [0.15, 0.2) is 30.3 Å². The van der Waals surface area contributed by atoms with Crippen molar-refractivity contribution in [3.05, 3.63) is 35.9 Å². The first-order chi connectivity index (χ1) is 6.75. The summed E-state index contributed by atoms with van der Waals surface area (Å²) < 4.78 is 4.45. The molecule has 0 amide bonds. The summed E-state index contributed by atoms with van der Waals surface area (Å²) in [6.07, 6.45) is -0.869. The SMILES string of the molecule is O=CCOC(=O)C(O)c1ccccc1. The number of carbonyl (C=O) groups is 2. The summed E-state index contributed by atoms with van der Waals surface area (Å²) in [5.74, 6) is -0.816. The molecule has 1 unspecified atom stereocenters. The lowest BCUT2D eigenvalue weighted by molar-refractivity contribution is -0.155. The molecule has 1 aromatic carbocycles. The summed E-state index contributed by atoms with van der Waals surface area (Å²) in [5, 5.41) is 9.43. The van der Waals surface area contributed by atoms with E-state index in [1.165, 1.54) is 0 Å². The highest BCUT2D eigenvalue weighted by Crippen LogP contribution is 2.12. The zero-order valence-corrected chi connectivity index (χ0v) is 7.42. The van der Waals surface area contributed by atoms with Crippen LogP contribution in [-0.4, -0.2) is 24.0 Å². The van der Waals surface area contributed by atoms with Crippen LogP contribution in [-0.2, 0) is 14.3 Å². The Balaban J connectivity index is 2.61. The molecular weight excluding hydrogens is 184 g/mol. The molecule has 0 aromatic heterocycles. The Morgan fingerprint density at radius 1 is 1.43 bits per heavy atom. The number of aliphatic hydroxyl groups is 1. The molecule has 1 aromatic rings. The molecule has 0 saturated heterocycles. The summed E-state index contributed by atoms with van der Waals surface area (Å²) >= 11 is 0. The molecular formula is C10H10O4. The minimum Gasteiger partial charge on any atom is -0.456 e. The normalized spacial score (nSPS) is 11.8. The Morgan fingerprint density at radius 3 is 2.64 bits per heavy atom. The smallest absolute Gasteiger partial charge is 0.340 e. The van der Waals surface area contributed by atoms with Crippen LogP contribution in [0.2, 0.25) is 0 Å². The number of aliphatic hydroxyl groups excluding tert-OH is 1. The zero-order chi connectivity index (χ0) is 10.4. The van der Waals surface area contributed by atoms with E-state index in [9.17, 15) is 14.7 Å². The predicted octanol–water partition coefficient (Wildman–Crippen LogP) is 0.462. The van der Waals surface area contributed by atoms with Crippen LogP contribution in [0.1, 0.15) is 11.7 Å². The van der Waals surface area contributed by atoms with Crippen molar-refractivity contribution in [2.45, 2.75) is 6.10 Å². The zero-order valence-electron chi connectivity index (χ0n) is 7.42. The summed E-state index contributed by atoms with van der Waals surface area (Å²) in [6, 6.07) is 8.38. The molecule has 1 N–H and O–H groups in total. The standard InChI is InChI=1S/C10H10O4/c11-6-7-14-10(13)9(12)8-4-2-1-3-5-8/h1-6,9,12H,7H2. The summed E-state index contributed by atoms with van der Waals surface area (Å²) in [5.41, 5.74) is 0.448. The van der Waals surface area contributed by atoms with E-state index in [-0.39, 0.29) is 6.61 Å². The number of hydrogen-bond acceptors (Lipinski definition) is 4. The van der Waals surface area contributed by atoms with E-state index in [1.807, 2.05) is 0 Å². The van der Waals surface area contributed by atoms with Gasteiger partial charge in [0.05, 0.1) is 0 Å². The van der Waals surface area contributed by atoms with Crippen molar-refractivity contribution in [1.82, 2.24) is 0 Å². The Labute approximate surface area is 81.1 Å². The maximum Gasteiger partial charge on any atom is 0.340 e. The van der Waals surface area contributed by atoms with E-state index in [0.29, 0.717) is 11.8 Å². The van der Waals surface area contributed by atoms with Gasteiger partial charge >= 0.3 is 5.97 Å². The molecule has 1 atom stereocenters. The minimum atomic E-state index is -1.32.